The van der Waals surface area contributed by atoms with Crippen molar-refractivity contribution in [3.05, 3.63) is 0 Å². The molecule has 0 aliphatic rings. The Balaban J connectivity index is 4.24. The Morgan fingerprint density at radius 3 is 1.81 bits per heavy atom. The largest absolute Gasteiger partial charge is 0.480 e. The van der Waals surface area contributed by atoms with E-state index in [0.29, 0.717) is 37.4 Å². The molecule has 3 unspecified atom stereocenters. The maximum absolute atomic E-state index is 12.1. The summed E-state index contributed by atoms with van der Waals surface area (Å²) in [5.41, 5.74) is 0. The molecule has 0 radical (unpaired) electrons. The van der Waals surface area contributed by atoms with E-state index in [1.54, 1.807) is 0 Å². The number of ether oxygens (including phenoxy) is 2. The summed E-state index contributed by atoms with van der Waals surface area (Å²) in [6.07, 6.45) is -0.229. The summed E-state index contributed by atoms with van der Waals surface area (Å²) in [7, 11) is 0. The SMILES string of the molecule is CCC(O)COCCCCOCC(O)CNC(CC(=O)N(CC(=O)O)CC(=O)O)C(=O)O. The second-order valence-electron chi connectivity index (χ2n) is 7.11. The van der Waals surface area contributed by atoms with Crippen LogP contribution in [0.15, 0.2) is 0 Å². The lowest BCUT2D eigenvalue weighted by Gasteiger charge is -2.22. The molecule has 0 spiro atoms. The molecule has 0 bridgehead atoms. The number of nitrogens with one attached hydrogen (secondary N) is 1. The number of carboxylic acid groups (broad SMARTS) is 3. The van der Waals surface area contributed by atoms with Crippen LogP contribution in [0, 0.1) is 0 Å². The van der Waals surface area contributed by atoms with Gasteiger partial charge >= 0.3 is 17.9 Å². The van der Waals surface area contributed by atoms with Gasteiger partial charge in [-0.05, 0) is 19.3 Å². The number of aliphatic hydroxyl groups excluding tert-OH is 2. The summed E-state index contributed by atoms with van der Waals surface area (Å²) >= 11 is 0. The third-order valence-electron chi connectivity index (χ3n) is 4.20. The minimum atomic E-state index is -1.45. The van der Waals surface area contributed by atoms with E-state index in [4.69, 9.17) is 19.7 Å². The van der Waals surface area contributed by atoms with Gasteiger partial charge < -0.3 is 45.2 Å². The Labute approximate surface area is 185 Å². The molecule has 0 aromatic heterocycles. The van der Waals surface area contributed by atoms with Gasteiger partial charge in [-0.1, -0.05) is 6.92 Å². The van der Waals surface area contributed by atoms with Crippen molar-refractivity contribution >= 4 is 23.8 Å². The van der Waals surface area contributed by atoms with Crippen LogP contribution in [0.4, 0.5) is 0 Å². The van der Waals surface area contributed by atoms with Gasteiger partial charge in [0.05, 0.1) is 31.8 Å². The van der Waals surface area contributed by atoms with Gasteiger partial charge in [0.2, 0.25) is 5.91 Å². The molecule has 6 N–H and O–H groups in total. The monoisotopic (exact) mass is 466 g/mol. The van der Waals surface area contributed by atoms with Crippen molar-refractivity contribution in [2.45, 2.75) is 50.9 Å². The second-order valence-corrected chi connectivity index (χ2v) is 7.11. The molecule has 1 amide bonds. The van der Waals surface area contributed by atoms with E-state index in [1.165, 1.54) is 0 Å². The maximum atomic E-state index is 12.1. The van der Waals surface area contributed by atoms with E-state index in [-0.39, 0.29) is 19.8 Å². The summed E-state index contributed by atoms with van der Waals surface area (Å²) in [5, 5.41) is 48.5. The average molecular weight is 466 g/mol. The zero-order valence-corrected chi connectivity index (χ0v) is 18.1. The lowest BCUT2D eigenvalue weighted by Crippen LogP contribution is -2.47. The highest BCUT2D eigenvalue weighted by Gasteiger charge is 2.27. The van der Waals surface area contributed by atoms with Gasteiger partial charge in [0.1, 0.15) is 19.1 Å². The first kappa shape index (κ1) is 29.7. The molecule has 0 aromatic carbocycles. The van der Waals surface area contributed by atoms with E-state index in [9.17, 15) is 34.5 Å². The smallest absolute Gasteiger partial charge is 0.323 e. The highest BCUT2D eigenvalue weighted by atomic mass is 16.5. The first-order valence-electron chi connectivity index (χ1n) is 10.3. The van der Waals surface area contributed by atoms with Crippen LogP contribution in [0.3, 0.4) is 0 Å². The third kappa shape index (κ3) is 15.5. The zero-order chi connectivity index (χ0) is 24.5. The summed E-state index contributed by atoms with van der Waals surface area (Å²) in [6.45, 7) is 0.908. The molecule has 3 atom stereocenters. The number of aliphatic carboxylic acids is 3. The van der Waals surface area contributed by atoms with Crippen LogP contribution in [0.25, 0.3) is 0 Å². The molecule has 0 saturated carbocycles. The number of carbonyl (C=O) groups is 4. The molecule has 0 aliphatic heterocycles. The van der Waals surface area contributed by atoms with Gasteiger partial charge in [0, 0.05) is 19.8 Å². The lowest BCUT2D eigenvalue weighted by molar-refractivity contribution is -0.150. The van der Waals surface area contributed by atoms with Crippen molar-refractivity contribution < 1.29 is 54.2 Å². The highest BCUT2D eigenvalue weighted by Crippen LogP contribution is 2.02. The number of rotatable bonds is 20. The van der Waals surface area contributed by atoms with Gasteiger partial charge in [0.15, 0.2) is 0 Å². The molecule has 0 saturated heterocycles. The van der Waals surface area contributed by atoms with E-state index in [2.05, 4.69) is 5.32 Å². The quantitative estimate of drug-likeness (QED) is 0.112. The molecule has 13 heteroatoms. The molecule has 0 rings (SSSR count). The topological polar surface area (TPSA) is 203 Å². The van der Waals surface area contributed by atoms with Crippen LogP contribution in [0.1, 0.15) is 32.6 Å². The number of nitrogens with zero attached hydrogens (tertiary/aromatic N) is 1. The lowest BCUT2D eigenvalue weighted by atomic mass is 10.1. The van der Waals surface area contributed by atoms with E-state index < -0.39 is 61.6 Å². The van der Waals surface area contributed by atoms with Crippen LogP contribution in [-0.2, 0) is 28.7 Å². The predicted octanol–water partition coefficient (Wildman–Crippen LogP) is -1.64. The molecule has 0 fully saturated rings. The Bertz CT molecular complexity index is 572. The number of carboxylic acids is 3. The van der Waals surface area contributed by atoms with Gasteiger partial charge in [-0.25, -0.2) is 0 Å². The van der Waals surface area contributed by atoms with E-state index in [1.807, 2.05) is 6.92 Å². The van der Waals surface area contributed by atoms with Gasteiger partial charge in [-0.2, -0.15) is 0 Å². The first-order chi connectivity index (χ1) is 15.1. The average Bonchev–Trinajstić information content (AvgIpc) is 2.71. The third-order valence-corrected chi connectivity index (χ3v) is 4.20. The highest BCUT2D eigenvalue weighted by molar-refractivity contribution is 5.88. The van der Waals surface area contributed by atoms with Crippen molar-refractivity contribution in [1.29, 1.82) is 0 Å². The van der Waals surface area contributed by atoms with Crippen LogP contribution in [-0.4, -0.2) is 119 Å². The number of hydrogen-bond donors (Lipinski definition) is 6. The minimum Gasteiger partial charge on any atom is -0.480 e. The predicted molar refractivity (Wildman–Crippen MR) is 109 cm³/mol. The fourth-order valence-corrected chi connectivity index (χ4v) is 2.41. The summed E-state index contributed by atoms with van der Waals surface area (Å²) in [6, 6.07) is -1.45. The van der Waals surface area contributed by atoms with Crippen LogP contribution < -0.4 is 5.32 Å². The fourth-order valence-electron chi connectivity index (χ4n) is 2.41. The van der Waals surface area contributed by atoms with Crippen molar-refractivity contribution in [1.82, 2.24) is 10.2 Å². The molecular formula is C19H34N2O11. The standard InChI is InChI=1S/C19H34N2O11/c1-2-13(22)11-31-5-3-4-6-32-12-14(23)8-20-15(19(29)30)7-16(24)21(9-17(25)26)10-18(27)28/h13-15,20,22-23H,2-12H2,1H3,(H,25,26)(H,27,28)(H,29,30). The van der Waals surface area contributed by atoms with Crippen molar-refractivity contribution in [3.63, 3.8) is 0 Å². The minimum absolute atomic E-state index is 0.0765. The molecule has 0 aliphatic carbocycles. The molecule has 32 heavy (non-hydrogen) atoms. The van der Waals surface area contributed by atoms with Crippen LogP contribution >= 0.6 is 0 Å². The first-order valence-corrected chi connectivity index (χ1v) is 10.3. The number of hydrogen-bond acceptors (Lipinski definition) is 9. The molecule has 186 valence electrons. The molecule has 13 nitrogen and oxygen atoms in total. The summed E-state index contributed by atoms with van der Waals surface area (Å²) in [5.74, 6) is -5.24. The Morgan fingerprint density at radius 2 is 1.38 bits per heavy atom. The molecule has 0 aromatic rings. The normalized spacial score (nSPS) is 13.8. The maximum Gasteiger partial charge on any atom is 0.323 e. The number of unbranched alkanes of at least 4 members (excludes halogenated alkanes) is 1. The number of amides is 1. The van der Waals surface area contributed by atoms with Gasteiger partial charge in [-0.3, -0.25) is 19.2 Å². The number of aliphatic hydroxyl groups is 2. The van der Waals surface area contributed by atoms with Crippen molar-refractivity contribution in [2.24, 2.45) is 0 Å². The van der Waals surface area contributed by atoms with Gasteiger partial charge in [-0.15, -0.1) is 0 Å². The molecular weight excluding hydrogens is 432 g/mol. The van der Waals surface area contributed by atoms with Gasteiger partial charge in [0.25, 0.3) is 0 Å². The Kier molecular flexibility index (Phi) is 16.0. The van der Waals surface area contributed by atoms with E-state index >= 15 is 0 Å². The number of carbonyl (C=O) groups excluding carboxylic acids is 1. The summed E-state index contributed by atoms with van der Waals surface area (Å²) in [4.78, 5) is 45.6. The Hall–Kier alpha value is -2.32. The second kappa shape index (κ2) is 17.3. The van der Waals surface area contributed by atoms with Crippen molar-refractivity contribution in [2.75, 3.05) is 46.1 Å². The summed E-state index contributed by atoms with van der Waals surface area (Å²) < 4.78 is 10.6. The Morgan fingerprint density at radius 1 is 0.875 bits per heavy atom. The zero-order valence-electron chi connectivity index (χ0n) is 18.1. The fraction of sp³-hybridized carbons (Fsp3) is 0.789. The van der Waals surface area contributed by atoms with Crippen molar-refractivity contribution in [3.8, 4) is 0 Å². The molecule has 0 heterocycles. The van der Waals surface area contributed by atoms with Crippen LogP contribution in [0.2, 0.25) is 0 Å². The van der Waals surface area contributed by atoms with Crippen LogP contribution in [0.5, 0.6) is 0 Å². The van der Waals surface area contributed by atoms with E-state index in [0.717, 1.165) is 0 Å².